The average Bonchev–Trinajstić information content (AvgIpc) is 2.74. The number of carbonyl (C=O) groups is 1. The highest BCUT2D eigenvalue weighted by Gasteiger charge is 2.21. The molecule has 5 heteroatoms. The molecule has 0 saturated heterocycles. The molecular weight excluding hydrogens is 422 g/mol. The molecule has 0 spiro atoms. The minimum atomic E-state index is -0.491. The monoisotopic (exact) mass is 455 g/mol. The molecular formula is C26H33NO2S2. The van der Waals surface area contributed by atoms with Crippen LogP contribution >= 0.6 is 23.5 Å². The van der Waals surface area contributed by atoms with Gasteiger partial charge in [0.15, 0.2) is 0 Å². The van der Waals surface area contributed by atoms with Crippen molar-refractivity contribution in [1.29, 1.82) is 0 Å². The van der Waals surface area contributed by atoms with Crippen molar-refractivity contribution in [3.63, 3.8) is 0 Å². The van der Waals surface area contributed by atoms with Crippen molar-refractivity contribution in [2.24, 2.45) is 0 Å². The van der Waals surface area contributed by atoms with E-state index in [4.69, 9.17) is 4.74 Å². The number of carbonyl (C=O) groups excluding carboxylic acids is 1. The quantitative estimate of drug-likeness (QED) is 0.253. The third-order valence-corrected chi connectivity index (χ3v) is 5.86. The number of amides is 1. The van der Waals surface area contributed by atoms with Gasteiger partial charge in [0.1, 0.15) is 5.60 Å². The van der Waals surface area contributed by atoms with Gasteiger partial charge in [0.2, 0.25) is 0 Å². The number of allylic oxidation sites excluding steroid dienone is 1. The van der Waals surface area contributed by atoms with E-state index >= 15 is 0 Å². The first-order valence-corrected chi connectivity index (χ1v) is 12.4. The Kier molecular flexibility index (Phi) is 11.4. The van der Waals surface area contributed by atoms with E-state index < -0.39 is 5.60 Å². The summed E-state index contributed by atoms with van der Waals surface area (Å²) in [7, 11) is 0. The van der Waals surface area contributed by atoms with Gasteiger partial charge < -0.3 is 9.64 Å². The van der Waals surface area contributed by atoms with E-state index in [1.807, 2.05) is 68.7 Å². The van der Waals surface area contributed by atoms with E-state index in [0.717, 1.165) is 19.3 Å². The Hall–Kier alpha value is -2.11. The van der Waals surface area contributed by atoms with Crippen LogP contribution in [0.25, 0.3) is 0 Å². The van der Waals surface area contributed by atoms with Crippen molar-refractivity contribution in [2.75, 3.05) is 13.1 Å². The Morgan fingerprint density at radius 3 is 1.97 bits per heavy atom. The van der Waals surface area contributed by atoms with Crippen LogP contribution < -0.4 is 0 Å². The molecule has 0 aromatic heterocycles. The summed E-state index contributed by atoms with van der Waals surface area (Å²) < 4.78 is 5.59. The van der Waals surface area contributed by atoms with Crippen LogP contribution in [-0.2, 0) is 4.74 Å². The lowest BCUT2D eigenvalue weighted by molar-refractivity contribution is 0.0269. The third-order valence-electron chi connectivity index (χ3n) is 4.11. The van der Waals surface area contributed by atoms with Crippen LogP contribution in [0.5, 0.6) is 0 Å². The average molecular weight is 456 g/mol. The van der Waals surface area contributed by atoms with Crippen LogP contribution in [0.3, 0.4) is 0 Å². The highest BCUT2D eigenvalue weighted by Crippen LogP contribution is 2.19. The Morgan fingerprint density at radius 1 is 0.871 bits per heavy atom. The lowest BCUT2D eigenvalue weighted by atomic mass is 10.2. The number of benzene rings is 2. The summed E-state index contributed by atoms with van der Waals surface area (Å²) in [5, 5.41) is 4.18. The maximum atomic E-state index is 12.6. The van der Waals surface area contributed by atoms with E-state index in [1.165, 1.54) is 9.79 Å². The minimum absolute atomic E-state index is 0.253. The lowest BCUT2D eigenvalue weighted by Crippen LogP contribution is -2.37. The number of unbranched alkanes of at least 4 members (excludes halogenated alkanes) is 2. The fourth-order valence-corrected chi connectivity index (χ4v) is 4.00. The molecule has 166 valence electrons. The molecule has 0 saturated carbocycles. The molecule has 2 aromatic rings. The minimum Gasteiger partial charge on any atom is -0.444 e. The molecule has 0 atom stereocenters. The van der Waals surface area contributed by atoms with Crippen molar-refractivity contribution in [1.82, 2.24) is 4.90 Å². The molecule has 0 aliphatic rings. The Labute approximate surface area is 195 Å². The molecule has 0 bridgehead atoms. The standard InChI is InChI=1S/C26H33NO2S2/c1-26(2,3)29-25(28)27(20-14-22-31-24-17-10-7-11-18-24)19-12-4-5-13-21-30-23-15-8-6-9-16-23/h6-11,13-18,21-22H,4-5,12,19-20H2,1-3H3/b21-13+,22-14+. The molecule has 0 unspecified atom stereocenters. The molecule has 0 fully saturated rings. The Balaban J connectivity index is 1.76. The van der Waals surface area contributed by atoms with Crippen LogP contribution in [0.2, 0.25) is 0 Å². The van der Waals surface area contributed by atoms with Crippen molar-refractivity contribution in [3.05, 3.63) is 83.6 Å². The van der Waals surface area contributed by atoms with Gasteiger partial charge in [-0.05, 0) is 75.1 Å². The molecule has 0 heterocycles. The van der Waals surface area contributed by atoms with Gasteiger partial charge in [-0.1, -0.05) is 72.1 Å². The maximum Gasteiger partial charge on any atom is 0.410 e. The van der Waals surface area contributed by atoms with Gasteiger partial charge in [0.25, 0.3) is 0 Å². The fourth-order valence-electron chi connectivity index (χ4n) is 2.64. The number of hydrogen-bond donors (Lipinski definition) is 0. The predicted octanol–water partition coefficient (Wildman–Crippen LogP) is 8.01. The van der Waals surface area contributed by atoms with Gasteiger partial charge in [0, 0.05) is 22.9 Å². The van der Waals surface area contributed by atoms with Crippen molar-refractivity contribution < 1.29 is 9.53 Å². The first-order chi connectivity index (χ1) is 14.9. The summed E-state index contributed by atoms with van der Waals surface area (Å²) in [5.74, 6) is 0. The van der Waals surface area contributed by atoms with Crippen molar-refractivity contribution in [2.45, 2.75) is 55.4 Å². The Bertz CT molecular complexity index is 814. The van der Waals surface area contributed by atoms with E-state index in [1.54, 1.807) is 28.4 Å². The van der Waals surface area contributed by atoms with Crippen LogP contribution in [0.4, 0.5) is 4.79 Å². The zero-order valence-corrected chi connectivity index (χ0v) is 20.3. The van der Waals surface area contributed by atoms with Crippen LogP contribution in [-0.4, -0.2) is 29.7 Å². The molecule has 0 N–H and O–H groups in total. The molecule has 0 aliphatic heterocycles. The molecule has 0 radical (unpaired) electrons. The van der Waals surface area contributed by atoms with Crippen LogP contribution in [0, 0.1) is 0 Å². The smallest absolute Gasteiger partial charge is 0.410 e. The van der Waals surface area contributed by atoms with Crippen molar-refractivity contribution in [3.8, 4) is 0 Å². The first kappa shape index (κ1) is 25.2. The van der Waals surface area contributed by atoms with E-state index in [9.17, 15) is 4.79 Å². The number of ether oxygens (including phenoxy) is 1. The third kappa shape index (κ3) is 11.7. The number of nitrogens with zero attached hydrogens (tertiary/aromatic N) is 1. The van der Waals surface area contributed by atoms with Gasteiger partial charge in [-0.25, -0.2) is 4.79 Å². The zero-order chi connectivity index (χ0) is 22.4. The predicted molar refractivity (Wildman–Crippen MR) is 135 cm³/mol. The molecule has 2 rings (SSSR count). The van der Waals surface area contributed by atoms with Gasteiger partial charge in [-0.3, -0.25) is 0 Å². The number of thioether (sulfide) groups is 2. The van der Waals surface area contributed by atoms with Gasteiger partial charge in [-0.15, -0.1) is 0 Å². The van der Waals surface area contributed by atoms with E-state index in [-0.39, 0.29) is 6.09 Å². The van der Waals surface area contributed by atoms with Crippen molar-refractivity contribution >= 4 is 29.6 Å². The van der Waals surface area contributed by atoms with Gasteiger partial charge in [0.05, 0.1) is 0 Å². The fraction of sp³-hybridized carbons (Fsp3) is 0.346. The second-order valence-electron chi connectivity index (χ2n) is 8.03. The van der Waals surface area contributed by atoms with Crippen LogP contribution in [0.15, 0.2) is 93.4 Å². The second kappa shape index (κ2) is 14.0. The van der Waals surface area contributed by atoms with E-state index in [2.05, 4.69) is 35.7 Å². The number of hydrogen-bond acceptors (Lipinski definition) is 4. The molecule has 31 heavy (non-hydrogen) atoms. The molecule has 3 nitrogen and oxygen atoms in total. The van der Waals surface area contributed by atoms with Gasteiger partial charge in [-0.2, -0.15) is 0 Å². The van der Waals surface area contributed by atoms with E-state index in [0.29, 0.717) is 13.1 Å². The Morgan fingerprint density at radius 2 is 1.42 bits per heavy atom. The molecule has 2 aromatic carbocycles. The SMILES string of the molecule is CC(C)(C)OC(=O)N(C/C=C/Sc1ccccc1)CCCC/C=C/Sc1ccccc1. The van der Waals surface area contributed by atoms with Crippen LogP contribution in [0.1, 0.15) is 40.0 Å². The molecule has 0 aliphatic carbocycles. The maximum absolute atomic E-state index is 12.6. The first-order valence-electron chi connectivity index (χ1n) is 10.7. The number of rotatable bonds is 11. The lowest BCUT2D eigenvalue weighted by Gasteiger charge is -2.26. The second-order valence-corrected chi connectivity index (χ2v) is 9.99. The highest BCUT2D eigenvalue weighted by molar-refractivity contribution is 8.02. The van der Waals surface area contributed by atoms with Gasteiger partial charge >= 0.3 is 6.09 Å². The summed E-state index contributed by atoms with van der Waals surface area (Å²) in [5.41, 5.74) is -0.491. The summed E-state index contributed by atoms with van der Waals surface area (Å²) in [6.45, 7) is 6.95. The summed E-state index contributed by atoms with van der Waals surface area (Å²) in [4.78, 5) is 16.8. The summed E-state index contributed by atoms with van der Waals surface area (Å²) >= 11 is 3.38. The summed E-state index contributed by atoms with van der Waals surface area (Å²) in [6.07, 6.45) is 6.95. The topological polar surface area (TPSA) is 29.5 Å². The zero-order valence-electron chi connectivity index (χ0n) is 18.7. The summed E-state index contributed by atoms with van der Waals surface area (Å²) in [6, 6.07) is 20.5. The molecule has 1 amide bonds. The largest absolute Gasteiger partial charge is 0.444 e. The highest BCUT2D eigenvalue weighted by atomic mass is 32.2. The normalized spacial score (nSPS) is 11.8.